The zero-order valence-corrected chi connectivity index (χ0v) is 16.8. The van der Waals surface area contributed by atoms with Crippen LogP contribution in [0.5, 0.6) is 11.5 Å². The lowest BCUT2D eigenvalue weighted by Gasteiger charge is -2.14. The highest BCUT2D eigenvalue weighted by Gasteiger charge is 2.16. The summed E-state index contributed by atoms with van der Waals surface area (Å²) in [5.41, 5.74) is 1.42. The number of nitriles is 1. The highest BCUT2D eigenvalue weighted by atomic mass is 16.5. The molecule has 0 unspecified atom stereocenters. The molecule has 8 heteroatoms. The van der Waals surface area contributed by atoms with Crippen molar-refractivity contribution in [3.63, 3.8) is 0 Å². The average Bonchev–Trinajstić information content (AvgIpc) is 2.76. The predicted molar refractivity (Wildman–Crippen MR) is 112 cm³/mol. The summed E-state index contributed by atoms with van der Waals surface area (Å²) in [5, 5.41) is 11.9. The third kappa shape index (κ3) is 4.31. The number of hydrogen-bond acceptors (Lipinski definition) is 6. The molecule has 8 nitrogen and oxygen atoms in total. The summed E-state index contributed by atoms with van der Waals surface area (Å²) in [5.74, 6) is 0.827. The van der Waals surface area contributed by atoms with Crippen LogP contribution in [-0.4, -0.2) is 29.7 Å². The summed E-state index contributed by atoms with van der Waals surface area (Å²) in [7, 11) is 3.01. The summed E-state index contributed by atoms with van der Waals surface area (Å²) in [6.45, 7) is 1.62. The van der Waals surface area contributed by atoms with E-state index in [4.69, 9.17) is 9.47 Å². The Labute approximate surface area is 173 Å². The van der Waals surface area contributed by atoms with Gasteiger partial charge in [0.05, 0.1) is 26.1 Å². The van der Waals surface area contributed by atoms with E-state index in [1.807, 2.05) is 37.3 Å². The number of methoxy groups -OCH3 is 2. The van der Waals surface area contributed by atoms with Crippen molar-refractivity contribution in [2.24, 2.45) is 0 Å². The molecule has 1 aromatic heterocycles. The number of hydrogen-bond donors (Lipinski definition) is 1. The zero-order chi connectivity index (χ0) is 21.7. The third-order valence-corrected chi connectivity index (χ3v) is 4.46. The van der Waals surface area contributed by atoms with Gasteiger partial charge in [0, 0.05) is 11.6 Å². The average molecular weight is 404 g/mol. The molecule has 0 atom stereocenters. The Hall–Kier alpha value is -4.12. The van der Waals surface area contributed by atoms with Gasteiger partial charge in [0.1, 0.15) is 35.5 Å². The van der Waals surface area contributed by atoms with Crippen molar-refractivity contribution in [2.45, 2.75) is 13.5 Å². The van der Waals surface area contributed by atoms with Crippen molar-refractivity contribution >= 4 is 11.6 Å². The fourth-order valence-electron chi connectivity index (χ4n) is 2.88. The van der Waals surface area contributed by atoms with Crippen molar-refractivity contribution in [1.82, 2.24) is 9.55 Å². The maximum absolute atomic E-state index is 12.7. The SMILES string of the molecule is COc1ccc(NC(=O)Cn2c(-c3ccc(C)cc3)ncc(C#N)c2=O)c(OC)c1. The van der Waals surface area contributed by atoms with E-state index in [0.29, 0.717) is 28.6 Å². The largest absolute Gasteiger partial charge is 0.497 e. The molecule has 0 fully saturated rings. The normalized spacial score (nSPS) is 10.2. The number of carbonyl (C=O) groups excluding carboxylic acids is 1. The van der Waals surface area contributed by atoms with E-state index in [9.17, 15) is 14.9 Å². The van der Waals surface area contributed by atoms with E-state index in [1.165, 1.54) is 25.0 Å². The number of benzene rings is 2. The van der Waals surface area contributed by atoms with Gasteiger partial charge in [0.15, 0.2) is 0 Å². The Morgan fingerprint density at radius 2 is 1.90 bits per heavy atom. The molecule has 2 aromatic carbocycles. The highest BCUT2D eigenvalue weighted by Crippen LogP contribution is 2.29. The van der Waals surface area contributed by atoms with Crippen molar-refractivity contribution < 1.29 is 14.3 Å². The molecule has 1 heterocycles. The lowest BCUT2D eigenvalue weighted by molar-refractivity contribution is -0.116. The number of ether oxygens (including phenoxy) is 2. The van der Waals surface area contributed by atoms with Gasteiger partial charge in [-0.15, -0.1) is 0 Å². The van der Waals surface area contributed by atoms with Gasteiger partial charge in [-0.05, 0) is 19.1 Å². The first kappa shape index (κ1) is 20.6. The minimum absolute atomic E-state index is 0.138. The van der Waals surface area contributed by atoms with Gasteiger partial charge >= 0.3 is 0 Å². The van der Waals surface area contributed by atoms with Crippen LogP contribution < -0.4 is 20.3 Å². The van der Waals surface area contributed by atoms with Crippen LogP contribution in [0.4, 0.5) is 5.69 Å². The molecular formula is C22H20N4O4. The van der Waals surface area contributed by atoms with E-state index in [1.54, 1.807) is 18.2 Å². The third-order valence-electron chi connectivity index (χ3n) is 4.46. The second-order valence-electron chi connectivity index (χ2n) is 6.48. The first-order valence-electron chi connectivity index (χ1n) is 9.05. The first-order chi connectivity index (χ1) is 14.5. The Bertz CT molecular complexity index is 1180. The van der Waals surface area contributed by atoms with Crippen LogP contribution in [0.2, 0.25) is 0 Å². The number of anilines is 1. The van der Waals surface area contributed by atoms with Gasteiger partial charge < -0.3 is 14.8 Å². The van der Waals surface area contributed by atoms with Crippen LogP contribution in [0, 0.1) is 18.3 Å². The molecule has 1 N–H and O–H groups in total. The molecule has 0 aliphatic carbocycles. The maximum atomic E-state index is 12.7. The molecule has 30 heavy (non-hydrogen) atoms. The fraction of sp³-hybridized carbons (Fsp3) is 0.182. The molecule has 0 saturated carbocycles. The summed E-state index contributed by atoms with van der Waals surface area (Å²) in [4.78, 5) is 29.7. The second-order valence-corrected chi connectivity index (χ2v) is 6.48. The lowest BCUT2D eigenvalue weighted by Crippen LogP contribution is -2.31. The van der Waals surface area contributed by atoms with Gasteiger partial charge in [-0.2, -0.15) is 5.26 Å². The summed E-state index contributed by atoms with van der Waals surface area (Å²) in [6, 6.07) is 14.2. The van der Waals surface area contributed by atoms with Crippen LogP contribution in [0.15, 0.2) is 53.5 Å². The fourth-order valence-corrected chi connectivity index (χ4v) is 2.88. The van der Waals surface area contributed by atoms with Crippen LogP contribution in [-0.2, 0) is 11.3 Å². The standard InChI is InChI=1S/C22H20N4O4/c1-14-4-6-15(7-5-14)21-24-12-16(11-23)22(28)26(21)13-20(27)25-18-9-8-17(29-2)10-19(18)30-3/h4-10,12H,13H2,1-3H3,(H,25,27). The molecule has 0 saturated heterocycles. The van der Waals surface area contributed by atoms with E-state index in [0.717, 1.165) is 5.56 Å². The Morgan fingerprint density at radius 3 is 2.53 bits per heavy atom. The Kier molecular flexibility index (Phi) is 6.13. The van der Waals surface area contributed by atoms with Crippen LogP contribution in [0.3, 0.4) is 0 Å². The molecule has 0 spiro atoms. The number of nitrogens with one attached hydrogen (secondary N) is 1. The molecule has 3 aromatic rings. The minimum Gasteiger partial charge on any atom is -0.497 e. The van der Waals surface area contributed by atoms with Crippen molar-refractivity contribution in [1.29, 1.82) is 5.26 Å². The number of nitrogens with zero attached hydrogens (tertiary/aromatic N) is 3. The summed E-state index contributed by atoms with van der Waals surface area (Å²) < 4.78 is 11.6. The molecular weight excluding hydrogens is 384 g/mol. The van der Waals surface area contributed by atoms with Crippen molar-refractivity contribution in [3.05, 3.63) is 70.1 Å². The highest BCUT2D eigenvalue weighted by molar-refractivity contribution is 5.92. The molecule has 3 rings (SSSR count). The maximum Gasteiger partial charge on any atom is 0.272 e. The molecule has 0 aliphatic heterocycles. The van der Waals surface area contributed by atoms with E-state index in [-0.39, 0.29) is 12.1 Å². The lowest BCUT2D eigenvalue weighted by atomic mass is 10.1. The van der Waals surface area contributed by atoms with Crippen LogP contribution in [0.25, 0.3) is 11.4 Å². The van der Waals surface area contributed by atoms with Gasteiger partial charge in [-0.1, -0.05) is 29.8 Å². The van der Waals surface area contributed by atoms with Gasteiger partial charge in [0.25, 0.3) is 5.56 Å². The topological polar surface area (TPSA) is 106 Å². The summed E-state index contributed by atoms with van der Waals surface area (Å²) >= 11 is 0. The number of aromatic nitrogens is 2. The van der Waals surface area contributed by atoms with E-state index >= 15 is 0 Å². The van der Waals surface area contributed by atoms with Crippen molar-refractivity contribution in [2.75, 3.05) is 19.5 Å². The van der Waals surface area contributed by atoms with Crippen LogP contribution >= 0.6 is 0 Å². The molecule has 1 amide bonds. The molecule has 0 bridgehead atoms. The molecule has 152 valence electrons. The quantitative estimate of drug-likeness (QED) is 0.677. The number of aryl methyl sites for hydroxylation is 1. The number of amides is 1. The van der Waals surface area contributed by atoms with Gasteiger partial charge in [0.2, 0.25) is 5.91 Å². The summed E-state index contributed by atoms with van der Waals surface area (Å²) in [6.07, 6.45) is 1.22. The van der Waals surface area contributed by atoms with Crippen LogP contribution in [0.1, 0.15) is 11.1 Å². The Morgan fingerprint density at radius 1 is 1.17 bits per heavy atom. The predicted octanol–water partition coefficient (Wildman–Crippen LogP) is 2.75. The molecule has 0 aliphatic rings. The number of carbonyl (C=O) groups is 1. The number of rotatable bonds is 6. The monoisotopic (exact) mass is 404 g/mol. The van der Waals surface area contributed by atoms with E-state index in [2.05, 4.69) is 10.3 Å². The smallest absolute Gasteiger partial charge is 0.272 e. The zero-order valence-electron chi connectivity index (χ0n) is 16.8. The minimum atomic E-state index is -0.583. The second kappa shape index (κ2) is 8.92. The van der Waals surface area contributed by atoms with Gasteiger partial charge in [-0.3, -0.25) is 14.2 Å². The Balaban J connectivity index is 1.95. The molecule has 0 radical (unpaired) electrons. The van der Waals surface area contributed by atoms with Crippen molar-refractivity contribution in [3.8, 4) is 29.0 Å². The van der Waals surface area contributed by atoms with Gasteiger partial charge in [-0.25, -0.2) is 4.98 Å². The first-order valence-corrected chi connectivity index (χ1v) is 9.05. The van der Waals surface area contributed by atoms with E-state index < -0.39 is 11.5 Å².